The molecule has 6 heteroatoms. The largest absolute Gasteiger partial charge is 0.478 e. The van der Waals surface area contributed by atoms with Gasteiger partial charge < -0.3 is 10.4 Å². The number of nitrogens with one attached hydrogen (secondary N) is 1. The van der Waals surface area contributed by atoms with Crippen molar-refractivity contribution in [2.24, 2.45) is 0 Å². The number of carboxylic acids is 1. The van der Waals surface area contributed by atoms with Gasteiger partial charge in [-0.05, 0) is 23.6 Å². The number of carbonyl (C=O) groups is 2. The summed E-state index contributed by atoms with van der Waals surface area (Å²) in [5.41, 5.74) is 0.326. The Balaban J connectivity index is 2.04. The third kappa shape index (κ3) is 3.07. The smallest absolute Gasteiger partial charge is 0.336 e. The molecule has 0 atom stereocenters. The molecule has 0 saturated carbocycles. The molecule has 120 valence electrons. The van der Waals surface area contributed by atoms with Gasteiger partial charge in [0.2, 0.25) is 0 Å². The Labute approximate surface area is 147 Å². The molecule has 4 nitrogen and oxygen atoms in total. The van der Waals surface area contributed by atoms with Gasteiger partial charge in [0.25, 0.3) is 5.91 Å². The lowest BCUT2D eigenvalue weighted by atomic mass is 10.1. The number of benzene rings is 3. The predicted molar refractivity (Wildman–Crippen MR) is 95.3 cm³/mol. The van der Waals surface area contributed by atoms with Crippen molar-refractivity contribution >= 4 is 51.5 Å². The highest BCUT2D eigenvalue weighted by Gasteiger charge is 2.19. The SMILES string of the molecule is O=C(O)c1cc(Cl)c(Cl)cc1C(=O)Nc1cccc2ccccc12. The minimum atomic E-state index is -1.25. The van der Waals surface area contributed by atoms with Gasteiger partial charge in [-0.15, -0.1) is 0 Å². The zero-order chi connectivity index (χ0) is 17.3. The fourth-order valence-electron chi connectivity index (χ4n) is 2.44. The van der Waals surface area contributed by atoms with Crippen LogP contribution in [0.2, 0.25) is 10.0 Å². The Kier molecular flexibility index (Phi) is 4.42. The van der Waals surface area contributed by atoms with E-state index in [4.69, 9.17) is 23.2 Å². The van der Waals surface area contributed by atoms with Crippen LogP contribution in [0.5, 0.6) is 0 Å². The van der Waals surface area contributed by atoms with Crippen LogP contribution in [0.1, 0.15) is 20.7 Å². The highest BCUT2D eigenvalue weighted by atomic mass is 35.5. The third-order valence-corrected chi connectivity index (χ3v) is 4.30. The van der Waals surface area contributed by atoms with Crippen molar-refractivity contribution in [1.29, 1.82) is 0 Å². The van der Waals surface area contributed by atoms with Gasteiger partial charge in [-0.2, -0.15) is 0 Å². The van der Waals surface area contributed by atoms with Crippen LogP contribution >= 0.6 is 23.2 Å². The molecule has 3 aromatic rings. The molecule has 0 radical (unpaired) electrons. The molecule has 0 bridgehead atoms. The third-order valence-electron chi connectivity index (χ3n) is 3.57. The normalized spacial score (nSPS) is 10.6. The van der Waals surface area contributed by atoms with Crippen molar-refractivity contribution in [2.75, 3.05) is 5.32 Å². The Morgan fingerprint density at radius 2 is 1.50 bits per heavy atom. The average Bonchev–Trinajstić information content (AvgIpc) is 2.57. The number of amides is 1. The number of fused-ring (bicyclic) bond motifs is 1. The van der Waals surface area contributed by atoms with Crippen LogP contribution in [0.3, 0.4) is 0 Å². The van der Waals surface area contributed by atoms with Crippen LogP contribution in [0, 0.1) is 0 Å². The molecule has 0 heterocycles. The zero-order valence-electron chi connectivity index (χ0n) is 12.2. The van der Waals surface area contributed by atoms with Crippen molar-refractivity contribution in [1.82, 2.24) is 0 Å². The van der Waals surface area contributed by atoms with Crippen LogP contribution in [-0.4, -0.2) is 17.0 Å². The summed E-state index contributed by atoms with van der Waals surface area (Å²) >= 11 is 11.8. The van der Waals surface area contributed by atoms with Crippen molar-refractivity contribution in [2.45, 2.75) is 0 Å². The molecular weight excluding hydrogens is 349 g/mol. The van der Waals surface area contributed by atoms with E-state index in [-0.39, 0.29) is 21.2 Å². The fraction of sp³-hybridized carbons (Fsp3) is 0. The highest BCUT2D eigenvalue weighted by molar-refractivity contribution is 6.42. The molecule has 2 N–H and O–H groups in total. The molecular formula is C18H11Cl2NO3. The Hall–Kier alpha value is -2.56. The second-order valence-electron chi connectivity index (χ2n) is 5.10. The van der Waals surface area contributed by atoms with Gasteiger partial charge in [-0.1, -0.05) is 59.6 Å². The van der Waals surface area contributed by atoms with Crippen molar-refractivity contribution < 1.29 is 14.7 Å². The quantitative estimate of drug-likeness (QED) is 0.683. The summed E-state index contributed by atoms with van der Waals surface area (Å²) < 4.78 is 0. The number of aromatic carboxylic acids is 1. The second-order valence-corrected chi connectivity index (χ2v) is 5.91. The van der Waals surface area contributed by atoms with Crippen molar-refractivity contribution in [3.05, 3.63) is 75.8 Å². The number of carboxylic acid groups (broad SMARTS) is 1. The van der Waals surface area contributed by atoms with Gasteiger partial charge in [0.05, 0.1) is 21.2 Å². The standard InChI is InChI=1S/C18H11Cl2NO3/c19-14-8-12(13(18(23)24)9-15(14)20)17(22)21-16-7-3-5-10-4-1-2-6-11(10)16/h1-9H,(H,21,22)(H,23,24). The highest BCUT2D eigenvalue weighted by Crippen LogP contribution is 2.28. The van der Waals surface area contributed by atoms with E-state index in [2.05, 4.69) is 5.32 Å². The molecule has 0 aliphatic heterocycles. The van der Waals surface area contributed by atoms with E-state index in [9.17, 15) is 14.7 Å². The summed E-state index contributed by atoms with van der Waals surface area (Å²) in [6.07, 6.45) is 0. The number of anilines is 1. The van der Waals surface area contributed by atoms with Crippen LogP contribution < -0.4 is 5.32 Å². The van der Waals surface area contributed by atoms with Crippen LogP contribution in [0.4, 0.5) is 5.69 Å². The molecule has 24 heavy (non-hydrogen) atoms. The van der Waals surface area contributed by atoms with Crippen molar-refractivity contribution in [3.8, 4) is 0 Å². The van der Waals surface area contributed by atoms with E-state index < -0.39 is 11.9 Å². The van der Waals surface area contributed by atoms with E-state index in [0.29, 0.717) is 5.69 Å². The Bertz CT molecular complexity index is 964. The Morgan fingerprint density at radius 3 is 2.21 bits per heavy atom. The zero-order valence-corrected chi connectivity index (χ0v) is 13.7. The molecule has 0 saturated heterocycles. The lowest BCUT2D eigenvalue weighted by Gasteiger charge is -2.11. The van der Waals surface area contributed by atoms with E-state index in [1.54, 1.807) is 6.07 Å². The molecule has 0 unspecified atom stereocenters. The van der Waals surface area contributed by atoms with Crippen LogP contribution in [0.25, 0.3) is 10.8 Å². The fourth-order valence-corrected chi connectivity index (χ4v) is 2.76. The average molecular weight is 360 g/mol. The molecule has 0 spiro atoms. The summed E-state index contributed by atoms with van der Waals surface area (Å²) in [6, 6.07) is 15.5. The maximum absolute atomic E-state index is 12.6. The molecule has 0 aliphatic carbocycles. The van der Waals surface area contributed by atoms with Gasteiger partial charge in [0.15, 0.2) is 0 Å². The lowest BCUT2D eigenvalue weighted by molar-refractivity contribution is 0.0692. The summed E-state index contributed by atoms with van der Waals surface area (Å²) in [4.78, 5) is 23.9. The summed E-state index contributed by atoms with van der Waals surface area (Å²) in [5.74, 6) is -1.82. The number of carbonyl (C=O) groups excluding carboxylic acids is 1. The first-order chi connectivity index (χ1) is 11.5. The molecule has 3 aromatic carbocycles. The topological polar surface area (TPSA) is 66.4 Å². The minimum Gasteiger partial charge on any atom is -0.478 e. The Morgan fingerprint density at radius 1 is 0.875 bits per heavy atom. The summed E-state index contributed by atoms with van der Waals surface area (Å²) in [7, 11) is 0. The van der Waals surface area contributed by atoms with Gasteiger partial charge >= 0.3 is 5.97 Å². The number of hydrogen-bond acceptors (Lipinski definition) is 2. The number of rotatable bonds is 3. The maximum atomic E-state index is 12.6. The van der Waals surface area contributed by atoms with E-state index in [1.165, 1.54) is 12.1 Å². The summed E-state index contributed by atoms with van der Waals surface area (Å²) in [5, 5.41) is 14.0. The second kappa shape index (κ2) is 6.51. The lowest BCUT2D eigenvalue weighted by Crippen LogP contribution is -2.16. The first-order valence-corrected chi connectivity index (χ1v) is 7.74. The maximum Gasteiger partial charge on any atom is 0.336 e. The van der Waals surface area contributed by atoms with Gasteiger partial charge in [-0.25, -0.2) is 4.79 Å². The van der Waals surface area contributed by atoms with E-state index in [0.717, 1.165) is 10.8 Å². The number of hydrogen-bond donors (Lipinski definition) is 2. The summed E-state index contributed by atoms with van der Waals surface area (Å²) in [6.45, 7) is 0. The first-order valence-electron chi connectivity index (χ1n) is 6.99. The molecule has 1 amide bonds. The molecule has 0 aromatic heterocycles. The predicted octanol–water partition coefficient (Wildman–Crippen LogP) is 5.10. The van der Waals surface area contributed by atoms with Crippen LogP contribution in [-0.2, 0) is 0 Å². The van der Waals surface area contributed by atoms with Crippen LogP contribution in [0.15, 0.2) is 54.6 Å². The van der Waals surface area contributed by atoms with Gasteiger partial charge in [0, 0.05) is 11.1 Å². The minimum absolute atomic E-state index is 0.0511. The van der Waals surface area contributed by atoms with Gasteiger partial charge in [-0.3, -0.25) is 4.79 Å². The van der Waals surface area contributed by atoms with E-state index in [1.807, 2.05) is 36.4 Å². The van der Waals surface area contributed by atoms with Crippen molar-refractivity contribution in [3.63, 3.8) is 0 Å². The molecule has 0 aliphatic rings. The number of halogens is 2. The van der Waals surface area contributed by atoms with Gasteiger partial charge in [0.1, 0.15) is 0 Å². The monoisotopic (exact) mass is 359 g/mol. The molecule has 0 fully saturated rings. The van der Waals surface area contributed by atoms with E-state index >= 15 is 0 Å². The first kappa shape index (κ1) is 16.3. The molecule has 3 rings (SSSR count).